The van der Waals surface area contributed by atoms with E-state index in [9.17, 15) is 0 Å². The molecule has 0 spiro atoms. The minimum Gasteiger partial charge on any atom is -0.124 e. The van der Waals surface area contributed by atoms with Crippen molar-refractivity contribution < 1.29 is 0 Å². The van der Waals surface area contributed by atoms with E-state index in [4.69, 9.17) is 0 Å². The van der Waals surface area contributed by atoms with Crippen molar-refractivity contribution in [3.05, 3.63) is 13.2 Å². The van der Waals surface area contributed by atoms with Crippen molar-refractivity contribution in [1.29, 1.82) is 0 Å². The van der Waals surface area contributed by atoms with Crippen molar-refractivity contribution in [2.75, 3.05) is 0 Å². The SMILES string of the molecule is C#C.C=C.CC.CC.CC.CC.CC. The average Bonchev–Trinajstić information content (AvgIpc) is 2.45. The molecule has 0 aromatic heterocycles. The van der Waals surface area contributed by atoms with Gasteiger partial charge in [-0.1, -0.05) is 69.2 Å². The number of hydrogen-bond acceptors (Lipinski definition) is 0. The van der Waals surface area contributed by atoms with Crippen LogP contribution in [0.5, 0.6) is 0 Å². The summed E-state index contributed by atoms with van der Waals surface area (Å²) in [6.07, 6.45) is 8.00. The van der Waals surface area contributed by atoms with Gasteiger partial charge in [0, 0.05) is 0 Å². The Balaban J connectivity index is -0.00000000817. The van der Waals surface area contributed by atoms with Gasteiger partial charge in [-0.25, -0.2) is 0 Å². The fraction of sp³-hybridized carbons (Fsp3) is 0.714. The van der Waals surface area contributed by atoms with E-state index in [2.05, 4.69) is 26.0 Å². The molecule has 0 unspecified atom stereocenters. The Morgan fingerprint density at radius 3 is 0.429 bits per heavy atom. The number of terminal acetylenes is 1. The molecule has 0 nitrogen and oxygen atoms in total. The van der Waals surface area contributed by atoms with Crippen LogP contribution in [0.25, 0.3) is 0 Å². The van der Waals surface area contributed by atoms with Crippen molar-refractivity contribution in [3.63, 3.8) is 0 Å². The Morgan fingerprint density at radius 2 is 0.429 bits per heavy atom. The van der Waals surface area contributed by atoms with Gasteiger partial charge < -0.3 is 0 Å². The summed E-state index contributed by atoms with van der Waals surface area (Å²) in [6, 6.07) is 0. The van der Waals surface area contributed by atoms with Crippen LogP contribution >= 0.6 is 0 Å². The van der Waals surface area contributed by atoms with Crippen LogP contribution in [0.15, 0.2) is 13.2 Å². The Hall–Kier alpha value is -0.700. The Morgan fingerprint density at radius 1 is 0.429 bits per heavy atom. The highest BCUT2D eigenvalue weighted by Gasteiger charge is 0.940. The third kappa shape index (κ3) is 2450. The maximum absolute atomic E-state index is 4.00. The van der Waals surface area contributed by atoms with Crippen molar-refractivity contribution in [3.8, 4) is 12.8 Å². The van der Waals surface area contributed by atoms with Gasteiger partial charge in [0.05, 0.1) is 0 Å². The summed E-state index contributed by atoms with van der Waals surface area (Å²) >= 11 is 0. The average molecular weight is 204 g/mol. The Kier molecular flexibility index (Phi) is 11600. The molecule has 0 heterocycles. The number of hydrogen-bond donors (Lipinski definition) is 0. The molecule has 0 aromatic rings. The molecule has 0 saturated carbocycles. The van der Waals surface area contributed by atoms with Crippen molar-refractivity contribution in [2.45, 2.75) is 69.2 Å². The lowest BCUT2D eigenvalue weighted by Gasteiger charge is -1.07. The molecule has 0 fully saturated rings. The van der Waals surface area contributed by atoms with Gasteiger partial charge in [0.1, 0.15) is 0 Å². The smallest absolute Gasteiger partial charge is 0.0683 e. The summed E-state index contributed by atoms with van der Waals surface area (Å²) < 4.78 is 0. The van der Waals surface area contributed by atoms with Gasteiger partial charge in [-0.2, -0.15) is 0 Å². The highest BCUT2D eigenvalue weighted by atomic mass is 13.0. The molecule has 14 heavy (non-hydrogen) atoms. The van der Waals surface area contributed by atoms with Crippen molar-refractivity contribution >= 4 is 0 Å². The van der Waals surface area contributed by atoms with Gasteiger partial charge >= 0.3 is 0 Å². The maximum Gasteiger partial charge on any atom is -0.0683 e. The van der Waals surface area contributed by atoms with Gasteiger partial charge in [-0.3, -0.25) is 0 Å². The lowest BCUT2D eigenvalue weighted by atomic mass is 11.0. The first kappa shape index (κ1) is 50.7. The second-order valence-corrected chi connectivity index (χ2v) is 0. The third-order valence-corrected chi connectivity index (χ3v) is 0. The van der Waals surface area contributed by atoms with Crippen LogP contribution in [0.1, 0.15) is 69.2 Å². The summed E-state index contributed by atoms with van der Waals surface area (Å²) in [5, 5.41) is 0. The molecule has 0 amide bonds. The summed E-state index contributed by atoms with van der Waals surface area (Å²) in [4.78, 5) is 0. The van der Waals surface area contributed by atoms with Crippen molar-refractivity contribution in [1.82, 2.24) is 0 Å². The molecular formula is C14H36. The molecule has 0 aliphatic heterocycles. The molecule has 0 radical (unpaired) electrons. The van der Waals surface area contributed by atoms with E-state index < -0.39 is 0 Å². The van der Waals surface area contributed by atoms with Crippen LogP contribution in [-0.4, -0.2) is 0 Å². The van der Waals surface area contributed by atoms with E-state index >= 15 is 0 Å². The molecule has 0 N–H and O–H groups in total. The monoisotopic (exact) mass is 204 g/mol. The largest absolute Gasteiger partial charge is 0.124 e. The zero-order valence-corrected chi connectivity index (χ0v) is 12.6. The van der Waals surface area contributed by atoms with Crippen LogP contribution in [0.3, 0.4) is 0 Å². The predicted octanol–water partition coefficient (Wildman–Crippen LogP) is 6.18. The summed E-state index contributed by atoms with van der Waals surface area (Å²) in [5.74, 6) is 0. The Bertz CT molecular complexity index is 11.2. The third-order valence-electron chi connectivity index (χ3n) is 0. The van der Waals surface area contributed by atoms with Gasteiger partial charge in [-0.15, -0.1) is 26.0 Å². The fourth-order valence-corrected chi connectivity index (χ4v) is 0. The molecule has 0 bridgehead atoms. The molecule has 0 rings (SSSR count). The molecule has 0 heteroatoms. The van der Waals surface area contributed by atoms with E-state index in [1.807, 2.05) is 69.2 Å². The van der Waals surface area contributed by atoms with Gasteiger partial charge in [0.25, 0.3) is 0 Å². The zero-order valence-electron chi connectivity index (χ0n) is 12.6. The van der Waals surface area contributed by atoms with E-state index in [1.54, 1.807) is 0 Å². The second kappa shape index (κ2) is 3210. The minimum atomic E-state index is 2.00. The summed E-state index contributed by atoms with van der Waals surface area (Å²) in [5.41, 5.74) is 0. The highest BCUT2D eigenvalue weighted by Crippen LogP contribution is 1.15. The fourth-order valence-electron chi connectivity index (χ4n) is 0. The lowest BCUT2D eigenvalue weighted by Crippen LogP contribution is -0.856. The van der Waals surface area contributed by atoms with E-state index in [0.717, 1.165) is 0 Å². The highest BCUT2D eigenvalue weighted by molar-refractivity contribution is 4.47. The quantitative estimate of drug-likeness (QED) is 0.326. The zero-order chi connectivity index (χ0) is 14.0. The van der Waals surface area contributed by atoms with Crippen molar-refractivity contribution in [2.24, 2.45) is 0 Å². The topological polar surface area (TPSA) is 0 Å². The first-order valence-electron chi connectivity index (χ1n) is 5.83. The molecule has 0 atom stereocenters. The minimum absolute atomic E-state index is 2.00. The van der Waals surface area contributed by atoms with Gasteiger partial charge in [0.15, 0.2) is 0 Å². The Labute approximate surface area is 95.8 Å². The molecule has 92 valence electrons. The van der Waals surface area contributed by atoms with Crippen LogP contribution < -0.4 is 0 Å². The molecule has 0 aliphatic carbocycles. The lowest BCUT2D eigenvalue weighted by molar-refractivity contribution is 1.50. The molecular weight excluding hydrogens is 168 g/mol. The normalized spacial score (nSPS) is 2.57. The summed E-state index contributed by atoms with van der Waals surface area (Å²) in [7, 11) is 0. The molecule has 0 aliphatic rings. The van der Waals surface area contributed by atoms with Gasteiger partial charge in [-0.05, 0) is 0 Å². The van der Waals surface area contributed by atoms with E-state index in [0.29, 0.717) is 0 Å². The molecule has 0 aromatic carbocycles. The van der Waals surface area contributed by atoms with E-state index in [-0.39, 0.29) is 0 Å². The van der Waals surface area contributed by atoms with Crippen LogP contribution in [0.2, 0.25) is 0 Å². The number of rotatable bonds is 0. The summed E-state index contributed by atoms with van der Waals surface area (Å²) in [6.45, 7) is 26.0. The van der Waals surface area contributed by atoms with Crippen LogP contribution in [0.4, 0.5) is 0 Å². The second-order valence-electron chi connectivity index (χ2n) is 0. The standard InChI is InChI=1S/5C2H6.C2H4.C2H2/c7*1-2/h5*1-2H3;1-2H2;1-2H. The first-order chi connectivity index (χ1) is 7.00. The van der Waals surface area contributed by atoms with Gasteiger partial charge in [0.2, 0.25) is 0 Å². The predicted molar refractivity (Wildman–Crippen MR) is 77.9 cm³/mol. The maximum atomic E-state index is 4.00. The van der Waals surface area contributed by atoms with Crippen LogP contribution in [-0.2, 0) is 0 Å². The van der Waals surface area contributed by atoms with Crippen LogP contribution in [0, 0.1) is 12.8 Å². The van der Waals surface area contributed by atoms with E-state index in [1.165, 1.54) is 0 Å². The first-order valence-corrected chi connectivity index (χ1v) is 5.83. The molecule has 0 saturated heterocycles.